The number of nitrogens with zero attached hydrogens (tertiary/aromatic N) is 1. The summed E-state index contributed by atoms with van der Waals surface area (Å²) in [4.78, 5) is 2.27. The van der Waals surface area contributed by atoms with E-state index in [1.807, 2.05) is 0 Å². The Morgan fingerprint density at radius 2 is 2.38 bits per heavy atom. The molecule has 1 aliphatic heterocycles. The van der Waals surface area contributed by atoms with Crippen LogP contribution in [0.25, 0.3) is 0 Å². The van der Waals surface area contributed by atoms with Crippen LogP contribution < -0.4 is 5.32 Å². The van der Waals surface area contributed by atoms with Crippen LogP contribution in [0, 0.1) is 5.82 Å². The lowest BCUT2D eigenvalue weighted by Gasteiger charge is -2.13. The highest BCUT2D eigenvalue weighted by Crippen LogP contribution is 2.15. The molecular weight excluding hydrogens is 227 g/mol. The molecule has 4 heteroatoms. The van der Waals surface area contributed by atoms with E-state index in [9.17, 15) is 4.39 Å². The normalized spacial score (nSPS) is 21.6. The monoisotopic (exact) mass is 242 g/mol. The maximum absolute atomic E-state index is 13.4. The molecule has 1 N–H and O–H groups in total. The molecule has 0 amide bonds. The Bertz CT molecular complexity index is 370. The van der Waals surface area contributed by atoms with Crippen LogP contribution in [0.1, 0.15) is 12.0 Å². The molecule has 1 aliphatic rings. The fraction of sp³-hybridized carbons (Fsp3) is 0.500. The predicted molar refractivity (Wildman–Crippen MR) is 64.2 cm³/mol. The lowest BCUT2D eigenvalue weighted by Crippen LogP contribution is -2.31. The van der Waals surface area contributed by atoms with Crippen LogP contribution in [-0.2, 0) is 6.54 Å². The number of benzene rings is 1. The Kier molecular flexibility index (Phi) is 3.79. The molecule has 2 nitrogen and oxygen atoms in total. The van der Waals surface area contributed by atoms with Crippen LogP contribution in [0.3, 0.4) is 0 Å². The predicted octanol–water partition coefficient (Wildman–Crippen LogP) is 2.27. The van der Waals surface area contributed by atoms with Crippen molar-refractivity contribution in [1.29, 1.82) is 0 Å². The van der Waals surface area contributed by atoms with Crippen molar-refractivity contribution in [2.45, 2.75) is 19.0 Å². The summed E-state index contributed by atoms with van der Waals surface area (Å²) < 4.78 is 13.4. The first-order chi connectivity index (χ1) is 7.65. The van der Waals surface area contributed by atoms with Gasteiger partial charge >= 0.3 is 0 Å². The third-order valence-corrected chi connectivity index (χ3v) is 3.22. The van der Waals surface area contributed by atoms with Gasteiger partial charge in [0.1, 0.15) is 5.82 Å². The van der Waals surface area contributed by atoms with Gasteiger partial charge in [0.2, 0.25) is 0 Å². The van der Waals surface area contributed by atoms with E-state index in [0.29, 0.717) is 23.2 Å². The fourth-order valence-corrected chi connectivity index (χ4v) is 2.23. The van der Waals surface area contributed by atoms with Crippen molar-refractivity contribution in [3.63, 3.8) is 0 Å². The largest absolute Gasteiger partial charge is 0.308 e. The fourth-order valence-electron chi connectivity index (χ4n) is 2.03. The number of nitrogens with one attached hydrogen (secondary N) is 1. The molecular formula is C12H16ClFN2. The molecule has 1 fully saturated rings. The third kappa shape index (κ3) is 2.94. The second kappa shape index (κ2) is 5.13. The Hall–Kier alpha value is -0.640. The van der Waals surface area contributed by atoms with Gasteiger partial charge in [0.25, 0.3) is 0 Å². The van der Waals surface area contributed by atoms with E-state index in [0.717, 1.165) is 19.5 Å². The van der Waals surface area contributed by atoms with E-state index in [1.165, 1.54) is 6.07 Å². The van der Waals surface area contributed by atoms with Crippen molar-refractivity contribution >= 4 is 11.6 Å². The van der Waals surface area contributed by atoms with Crippen LogP contribution in [0.2, 0.25) is 5.02 Å². The van der Waals surface area contributed by atoms with Gasteiger partial charge in [-0.3, -0.25) is 0 Å². The van der Waals surface area contributed by atoms with Crippen LogP contribution in [0.15, 0.2) is 18.2 Å². The average molecular weight is 243 g/mol. The number of rotatable bonds is 3. The van der Waals surface area contributed by atoms with E-state index < -0.39 is 0 Å². The SMILES string of the molecule is CN1CCC(NCc2cc(Cl)ccc2F)C1. The van der Waals surface area contributed by atoms with Crippen LogP contribution in [0.4, 0.5) is 4.39 Å². The summed E-state index contributed by atoms with van der Waals surface area (Å²) in [5.41, 5.74) is 0.641. The molecule has 0 radical (unpaired) electrons. The zero-order valence-corrected chi connectivity index (χ0v) is 10.1. The molecule has 0 aliphatic carbocycles. The molecule has 0 spiro atoms. The molecule has 0 aromatic heterocycles. The third-order valence-electron chi connectivity index (χ3n) is 2.98. The summed E-state index contributed by atoms with van der Waals surface area (Å²) >= 11 is 5.83. The minimum atomic E-state index is -0.191. The molecule has 1 aromatic carbocycles. The van der Waals surface area contributed by atoms with Crippen molar-refractivity contribution in [3.8, 4) is 0 Å². The van der Waals surface area contributed by atoms with Crippen LogP contribution in [0.5, 0.6) is 0 Å². The molecule has 16 heavy (non-hydrogen) atoms. The van der Waals surface area contributed by atoms with Gasteiger partial charge in [0.15, 0.2) is 0 Å². The second-order valence-corrected chi connectivity index (χ2v) is 4.80. The van der Waals surface area contributed by atoms with E-state index >= 15 is 0 Å². The molecule has 1 unspecified atom stereocenters. The minimum Gasteiger partial charge on any atom is -0.308 e. The summed E-state index contributed by atoms with van der Waals surface area (Å²) in [6.07, 6.45) is 1.12. The van der Waals surface area contributed by atoms with E-state index in [1.54, 1.807) is 12.1 Å². The highest BCUT2D eigenvalue weighted by Gasteiger charge is 2.18. The summed E-state index contributed by atoms with van der Waals surface area (Å²) in [6, 6.07) is 5.13. The second-order valence-electron chi connectivity index (χ2n) is 4.36. The molecule has 88 valence electrons. The first-order valence-corrected chi connectivity index (χ1v) is 5.89. The molecule has 1 aromatic rings. The zero-order valence-electron chi connectivity index (χ0n) is 9.34. The van der Waals surface area contributed by atoms with Gasteiger partial charge in [-0.25, -0.2) is 4.39 Å². The van der Waals surface area contributed by atoms with Gasteiger partial charge in [-0.2, -0.15) is 0 Å². The quantitative estimate of drug-likeness (QED) is 0.875. The van der Waals surface area contributed by atoms with Gasteiger partial charge in [-0.15, -0.1) is 0 Å². The number of hydrogen-bond donors (Lipinski definition) is 1. The molecule has 0 saturated carbocycles. The van der Waals surface area contributed by atoms with E-state index in [4.69, 9.17) is 11.6 Å². The van der Waals surface area contributed by atoms with Gasteiger partial charge in [-0.1, -0.05) is 11.6 Å². The lowest BCUT2D eigenvalue weighted by molar-refractivity contribution is 0.397. The molecule has 2 rings (SSSR count). The summed E-state index contributed by atoms with van der Waals surface area (Å²) in [6.45, 7) is 2.68. The minimum absolute atomic E-state index is 0.191. The molecule has 1 heterocycles. The summed E-state index contributed by atoms with van der Waals surface area (Å²) in [5, 5.41) is 3.94. The maximum atomic E-state index is 13.4. The first kappa shape index (κ1) is 11.8. The van der Waals surface area contributed by atoms with E-state index in [-0.39, 0.29) is 5.82 Å². The van der Waals surface area contributed by atoms with Gasteiger partial charge in [-0.05, 0) is 38.2 Å². The van der Waals surface area contributed by atoms with Crippen molar-refractivity contribution in [1.82, 2.24) is 10.2 Å². The van der Waals surface area contributed by atoms with Gasteiger partial charge in [0.05, 0.1) is 0 Å². The number of likely N-dealkylation sites (N-methyl/N-ethyl adjacent to an activating group) is 1. The van der Waals surface area contributed by atoms with Gasteiger partial charge < -0.3 is 10.2 Å². The highest BCUT2D eigenvalue weighted by molar-refractivity contribution is 6.30. The standard InChI is InChI=1S/C12H16ClFN2/c1-16-5-4-11(8-16)15-7-9-6-10(13)2-3-12(9)14/h2-3,6,11,15H,4-5,7-8H2,1H3. The number of halogens is 2. The van der Waals surface area contributed by atoms with E-state index in [2.05, 4.69) is 17.3 Å². The average Bonchev–Trinajstić information content (AvgIpc) is 2.66. The Labute approximate surface area is 100 Å². The zero-order chi connectivity index (χ0) is 11.5. The van der Waals surface area contributed by atoms with Crippen molar-refractivity contribution in [3.05, 3.63) is 34.6 Å². The Morgan fingerprint density at radius 1 is 1.56 bits per heavy atom. The van der Waals surface area contributed by atoms with Crippen molar-refractivity contribution in [2.24, 2.45) is 0 Å². The lowest BCUT2D eigenvalue weighted by atomic mass is 10.2. The summed E-state index contributed by atoms with van der Waals surface area (Å²) in [7, 11) is 2.10. The van der Waals surface area contributed by atoms with Crippen molar-refractivity contribution in [2.75, 3.05) is 20.1 Å². The number of likely N-dealkylation sites (tertiary alicyclic amines) is 1. The van der Waals surface area contributed by atoms with Gasteiger partial charge in [0, 0.05) is 29.7 Å². The highest BCUT2D eigenvalue weighted by atomic mass is 35.5. The first-order valence-electron chi connectivity index (χ1n) is 5.51. The molecule has 1 atom stereocenters. The van der Waals surface area contributed by atoms with Crippen molar-refractivity contribution < 1.29 is 4.39 Å². The van der Waals surface area contributed by atoms with Crippen LogP contribution >= 0.6 is 11.6 Å². The Morgan fingerprint density at radius 3 is 3.06 bits per heavy atom. The Balaban J connectivity index is 1.91. The maximum Gasteiger partial charge on any atom is 0.127 e. The molecule has 0 bridgehead atoms. The smallest absolute Gasteiger partial charge is 0.127 e. The molecule has 1 saturated heterocycles. The van der Waals surface area contributed by atoms with Crippen LogP contribution in [-0.4, -0.2) is 31.1 Å². The number of hydrogen-bond acceptors (Lipinski definition) is 2. The summed E-state index contributed by atoms with van der Waals surface area (Å²) in [5.74, 6) is -0.191. The topological polar surface area (TPSA) is 15.3 Å².